The van der Waals surface area contributed by atoms with E-state index in [9.17, 15) is 4.21 Å². The van der Waals surface area contributed by atoms with Gasteiger partial charge in [-0.25, -0.2) is 8.99 Å². The van der Waals surface area contributed by atoms with E-state index in [-0.39, 0.29) is 0 Å². The van der Waals surface area contributed by atoms with Gasteiger partial charge in [-0.1, -0.05) is 19.1 Å². The molecule has 1 N–H and O–H groups in total. The molecule has 0 fully saturated rings. The van der Waals surface area contributed by atoms with E-state index in [1.54, 1.807) is 13.0 Å². The van der Waals surface area contributed by atoms with Crippen LogP contribution in [0, 0.1) is 11.7 Å². The van der Waals surface area contributed by atoms with Gasteiger partial charge >= 0.3 is 0 Å². The lowest BCUT2D eigenvalue weighted by Gasteiger charge is -2.04. The molecule has 12 heavy (non-hydrogen) atoms. The van der Waals surface area contributed by atoms with Crippen molar-refractivity contribution in [2.45, 2.75) is 18.7 Å². The Morgan fingerprint density at radius 1 is 1.50 bits per heavy atom. The molecule has 0 saturated carbocycles. The summed E-state index contributed by atoms with van der Waals surface area (Å²) in [4.78, 5) is 0.644. The van der Waals surface area contributed by atoms with Crippen LogP contribution >= 0.6 is 0 Å². The van der Waals surface area contributed by atoms with Crippen molar-refractivity contribution in [2.75, 3.05) is 5.75 Å². The molecule has 3 heteroatoms. The molecular weight excluding hydrogens is 170 g/mol. The van der Waals surface area contributed by atoms with Gasteiger partial charge in [0.2, 0.25) is 0 Å². The van der Waals surface area contributed by atoms with Gasteiger partial charge in [0.15, 0.2) is 0 Å². The second-order valence-electron chi connectivity index (χ2n) is 2.78. The first-order chi connectivity index (χ1) is 5.56. The Bertz CT molecular complexity index is 368. The molecule has 1 rings (SSSR count). The molecule has 2 nitrogen and oxygen atoms in total. The highest BCUT2D eigenvalue weighted by Crippen LogP contribution is 2.12. The van der Waals surface area contributed by atoms with Crippen molar-refractivity contribution in [3.63, 3.8) is 0 Å². The van der Waals surface area contributed by atoms with Crippen molar-refractivity contribution in [1.82, 2.24) is 0 Å². The van der Waals surface area contributed by atoms with E-state index < -0.39 is 9.73 Å². The molecular formula is C9H13NOS. The fourth-order valence-electron chi connectivity index (χ4n) is 0.987. The quantitative estimate of drug-likeness (QED) is 0.751. The van der Waals surface area contributed by atoms with Gasteiger partial charge < -0.3 is 0 Å². The monoisotopic (exact) mass is 183 g/mol. The number of hydrogen-bond acceptors (Lipinski definition) is 2. The van der Waals surface area contributed by atoms with E-state index >= 15 is 0 Å². The molecule has 0 spiro atoms. The zero-order valence-electron chi connectivity index (χ0n) is 7.33. The maximum atomic E-state index is 11.6. The molecule has 0 amide bonds. The number of rotatable bonds is 2. The molecule has 1 aromatic carbocycles. The Kier molecular flexibility index (Phi) is 2.52. The summed E-state index contributed by atoms with van der Waals surface area (Å²) in [5, 5.41) is 0. The Balaban J connectivity index is 3.21. The van der Waals surface area contributed by atoms with Crippen LogP contribution in [0.2, 0.25) is 0 Å². The minimum absolute atomic E-state index is 0.385. The average molecular weight is 183 g/mol. The molecule has 0 aliphatic rings. The molecule has 0 radical (unpaired) electrons. The second kappa shape index (κ2) is 3.27. The Morgan fingerprint density at radius 3 is 2.67 bits per heavy atom. The van der Waals surface area contributed by atoms with Gasteiger partial charge in [0, 0.05) is 10.6 Å². The Hall–Kier alpha value is -0.830. The third kappa shape index (κ3) is 1.85. The lowest BCUT2D eigenvalue weighted by molar-refractivity contribution is 0.675. The van der Waals surface area contributed by atoms with E-state index in [2.05, 4.69) is 0 Å². The SMILES string of the molecule is CC[S@](=N)(=O)c1cccc(C)c1. The van der Waals surface area contributed by atoms with Crippen LogP contribution in [0.5, 0.6) is 0 Å². The van der Waals surface area contributed by atoms with E-state index in [1.165, 1.54) is 0 Å². The van der Waals surface area contributed by atoms with Gasteiger partial charge in [-0.15, -0.1) is 0 Å². The zero-order chi connectivity index (χ0) is 9.19. The fraction of sp³-hybridized carbons (Fsp3) is 0.333. The molecule has 0 saturated heterocycles. The summed E-state index contributed by atoms with van der Waals surface area (Å²) in [7, 11) is -2.52. The highest BCUT2D eigenvalue weighted by atomic mass is 32.2. The first-order valence-electron chi connectivity index (χ1n) is 3.89. The third-order valence-electron chi connectivity index (χ3n) is 1.78. The van der Waals surface area contributed by atoms with Crippen LogP contribution in [0.15, 0.2) is 29.2 Å². The fourth-order valence-corrected chi connectivity index (χ4v) is 2.00. The van der Waals surface area contributed by atoms with Crippen LogP contribution in [0.4, 0.5) is 0 Å². The lowest BCUT2D eigenvalue weighted by Crippen LogP contribution is -2.01. The predicted molar refractivity (Wildman–Crippen MR) is 50.8 cm³/mol. The molecule has 66 valence electrons. The minimum atomic E-state index is -2.52. The van der Waals surface area contributed by atoms with E-state index in [0.717, 1.165) is 5.56 Å². The van der Waals surface area contributed by atoms with E-state index in [0.29, 0.717) is 10.6 Å². The molecule has 0 aliphatic carbocycles. The molecule has 0 bridgehead atoms. The maximum absolute atomic E-state index is 11.6. The van der Waals surface area contributed by atoms with Gasteiger partial charge in [0.1, 0.15) is 0 Å². The van der Waals surface area contributed by atoms with Gasteiger partial charge in [-0.3, -0.25) is 0 Å². The largest absolute Gasteiger partial charge is 0.249 e. The van der Waals surface area contributed by atoms with Crippen molar-refractivity contribution in [1.29, 1.82) is 4.78 Å². The zero-order valence-corrected chi connectivity index (χ0v) is 8.15. The first-order valence-corrected chi connectivity index (χ1v) is 5.62. The molecule has 0 aliphatic heterocycles. The van der Waals surface area contributed by atoms with Crippen molar-refractivity contribution >= 4 is 9.73 Å². The van der Waals surface area contributed by atoms with Crippen LogP contribution in [-0.2, 0) is 9.73 Å². The molecule has 0 unspecified atom stereocenters. The minimum Gasteiger partial charge on any atom is -0.249 e. The van der Waals surface area contributed by atoms with Gasteiger partial charge in [0.05, 0.1) is 9.73 Å². The van der Waals surface area contributed by atoms with Gasteiger partial charge in [0.25, 0.3) is 0 Å². The summed E-state index contributed by atoms with van der Waals surface area (Å²) < 4.78 is 19.1. The van der Waals surface area contributed by atoms with Crippen LogP contribution in [0.3, 0.4) is 0 Å². The smallest absolute Gasteiger partial charge is 0.0723 e. The summed E-state index contributed by atoms with van der Waals surface area (Å²) in [6.07, 6.45) is 0. The average Bonchev–Trinajstić information content (AvgIpc) is 2.05. The summed E-state index contributed by atoms with van der Waals surface area (Å²) in [6.45, 7) is 3.71. The van der Waals surface area contributed by atoms with Crippen molar-refractivity contribution < 1.29 is 4.21 Å². The van der Waals surface area contributed by atoms with Crippen LogP contribution in [0.25, 0.3) is 0 Å². The summed E-state index contributed by atoms with van der Waals surface area (Å²) in [5.41, 5.74) is 1.06. The Labute approximate surface area is 73.6 Å². The topological polar surface area (TPSA) is 40.9 Å². The normalized spacial score (nSPS) is 15.5. The molecule has 0 aromatic heterocycles. The van der Waals surface area contributed by atoms with Crippen LogP contribution < -0.4 is 0 Å². The molecule has 1 atom stereocenters. The van der Waals surface area contributed by atoms with Crippen molar-refractivity contribution in [3.8, 4) is 0 Å². The third-order valence-corrected chi connectivity index (χ3v) is 3.61. The van der Waals surface area contributed by atoms with Crippen LogP contribution in [0.1, 0.15) is 12.5 Å². The molecule has 0 heterocycles. The molecule has 1 aromatic rings. The highest BCUT2D eigenvalue weighted by Gasteiger charge is 2.05. The summed E-state index contributed by atoms with van der Waals surface area (Å²) >= 11 is 0. The Morgan fingerprint density at radius 2 is 2.17 bits per heavy atom. The highest BCUT2D eigenvalue weighted by molar-refractivity contribution is 7.92. The lowest BCUT2D eigenvalue weighted by atomic mass is 10.2. The van der Waals surface area contributed by atoms with Crippen LogP contribution in [-0.4, -0.2) is 9.96 Å². The number of nitrogens with one attached hydrogen (secondary N) is 1. The van der Waals surface area contributed by atoms with Gasteiger partial charge in [-0.2, -0.15) is 0 Å². The van der Waals surface area contributed by atoms with Crippen molar-refractivity contribution in [2.24, 2.45) is 0 Å². The van der Waals surface area contributed by atoms with Crippen molar-refractivity contribution in [3.05, 3.63) is 29.8 Å². The van der Waals surface area contributed by atoms with E-state index in [4.69, 9.17) is 4.78 Å². The standard InChI is InChI=1S/C9H13NOS/c1-3-12(10,11)9-6-4-5-8(2)7-9/h4-7,10H,3H2,1-2H3/t12-/m0/s1. The first kappa shape index (κ1) is 9.26. The number of aryl methyl sites for hydroxylation is 1. The summed E-state index contributed by atoms with van der Waals surface area (Å²) in [5.74, 6) is 0.385. The van der Waals surface area contributed by atoms with Gasteiger partial charge in [-0.05, 0) is 24.6 Å². The maximum Gasteiger partial charge on any atom is 0.0723 e. The van der Waals surface area contributed by atoms with E-state index in [1.807, 2.05) is 25.1 Å². The summed E-state index contributed by atoms with van der Waals surface area (Å²) in [6, 6.07) is 7.36. The predicted octanol–water partition coefficient (Wildman–Crippen LogP) is 2.42. The number of hydrogen-bond donors (Lipinski definition) is 1. The number of benzene rings is 1. The second-order valence-corrected chi connectivity index (χ2v) is 5.18.